The summed E-state index contributed by atoms with van der Waals surface area (Å²) in [4.78, 5) is 12.7. The van der Waals surface area contributed by atoms with Crippen LogP contribution in [0.25, 0.3) is 0 Å². The maximum absolute atomic E-state index is 11.9. The minimum atomic E-state index is 0.0101. The van der Waals surface area contributed by atoms with Crippen LogP contribution in [-0.2, 0) is 6.61 Å². The van der Waals surface area contributed by atoms with E-state index in [0.29, 0.717) is 6.61 Å². The number of carbonyl (C=O) groups excluding carboxylic acids is 1. The Kier molecular flexibility index (Phi) is 6.01. The van der Waals surface area contributed by atoms with E-state index < -0.39 is 0 Å². The van der Waals surface area contributed by atoms with Gasteiger partial charge < -0.3 is 10.1 Å². The van der Waals surface area contributed by atoms with Crippen molar-refractivity contribution < 1.29 is 9.53 Å². The van der Waals surface area contributed by atoms with Crippen molar-refractivity contribution in [3.8, 4) is 5.75 Å². The van der Waals surface area contributed by atoms with Crippen molar-refractivity contribution >= 4 is 17.2 Å². The van der Waals surface area contributed by atoms with Gasteiger partial charge in [-0.05, 0) is 55.0 Å². The molecule has 0 aliphatic rings. The number of rotatable bonds is 7. The third kappa shape index (κ3) is 4.60. The van der Waals surface area contributed by atoms with Gasteiger partial charge in [-0.25, -0.2) is 0 Å². The smallest absolute Gasteiger partial charge is 0.261 e. The van der Waals surface area contributed by atoms with Crippen molar-refractivity contribution in [2.45, 2.75) is 40.2 Å². The molecule has 118 valence electrons. The molecule has 0 unspecified atom stereocenters. The first kappa shape index (κ1) is 16.6. The highest BCUT2D eigenvalue weighted by atomic mass is 32.1. The summed E-state index contributed by atoms with van der Waals surface area (Å²) in [6, 6.07) is 7.99. The summed E-state index contributed by atoms with van der Waals surface area (Å²) < 4.78 is 5.79. The number of carbonyl (C=O) groups is 1. The zero-order chi connectivity index (χ0) is 15.9. The molecule has 4 heteroatoms. The number of benzene rings is 1. The standard InChI is InChI=1S/C18H23NO2S/c1-4-5-8-19-18(20)17-10-15(12-22-17)11-21-16-7-6-13(2)14(3)9-16/h6-7,9-10,12H,4-5,8,11H2,1-3H3,(H,19,20). The molecule has 0 bridgehead atoms. The van der Waals surface area contributed by atoms with Crippen molar-refractivity contribution in [3.63, 3.8) is 0 Å². The Morgan fingerprint density at radius 2 is 2.05 bits per heavy atom. The summed E-state index contributed by atoms with van der Waals surface area (Å²) >= 11 is 1.46. The number of nitrogens with one attached hydrogen (secondary N) is 1. The van der Waals surface area contributed by atoms with Crippen LogP contribution in [-0.4, -0.2) is 12.5 Å². The highest BCUT2D eigenvalue weighted by molar-refractivity contribution is 7.12. The van der Waals surface area contributed by atoms with Crippen LogP contribution in [0.5, 0.6) is 5.75 Å². The van der Waals surface area contributed by atoms with E-state index >= 15 is 0 Å². The van der Waals surface area contributed by atoms with Crippen molar-refractivity contribution in [3.05, 3.63) is 51.2 Å². The molecule has 0 saturated heterocycles. The highest BCUT2D eigenvalue weighted by Crippen LogP contribution is 2.20. The third-order valence-electron chi connectivity index (χ3n) is 3.58. The van der Waals surface area contributed by atoms with Gasteiger partial charge in [-0.2, -0.15) is 0 Å². The van der Waals surface area contributed by atoms with Gasteiger partial charge in [0.15, 0.2) is 0 Å². The Balaban J connectivity index is 1.88. The van der Waals surface area contributed by atoms with E-state index in [1.807, 2.05) is 23.6 Å². The summed E-state index contributed by atoms with van der Waals surface area (Å²) in [6.45, 7) is 7.50. The van der Waals surface area contributed by atoms with E-state index in [1.165, 1.54) is 22.5 Å². The molecule has 0 radical (unpaired) electrons. The van der Waals surface area contributed by atoms with Crippen LogP contribution >= 0.6 is 11.3 Å². The SMILES string of the molecule is CCCCNC(=O)c1cc(COc2ccc(C)c(C)c2)cs1. The minimum Gasteiger partial charge on any atom is -0.489 e. The van der Waals surface area contributed by atoms with Gasteiger partial charge in [-0.3, -0.25) is 4.79 Å². The Morgan fingerprint density at radius 1 is 1.23 bits per heavy atom. The van der Waals surface area contributed by atoms with E-state index in [-0.39, 0.29) is 5.91 Å². The van der Waals surface area contributed by atoms with Gasteiger partial charge in [0.2, 0.25) is 0 Å². The second-order valence-corrected chi connectivity index (χ2v) is 6.37. The molecule has 1 amide bonds. The molecule has 2 rings (SSSR count). The van der Waals surface area contributed by atoms with E-state index in [4.69, 9.17) is 4.74 Å². The van der Waals surface area contributed by atoms with E-state index in [0.717, 1.165) is 35.6 Å². The van der Waals surface area contributed by atoms with Crippen molar-refractivity contribution in [1.29, 1.82) is 0 Å². The van der Waals surface area contributed by atoms with Crippen molar-refractivity contribution in [1.82, 2.24) is 5.32 Å². The lowest BCUT2D eigenvalue weighted by molar-refractivity contribution is 0.0957. The monoisotopic (exact) mass is 317 g/mol. The van der Waals surface area contributed by atoms with Crippen LogP contribution in [0, 0.1) is 13.8 Å². The quantitative estimate of drug-likeness (QED) is 0.765. The molecule has 0 aliphatic carbocycles. The van der Waals surface area contributed by atoms with E-state index in [2.05, 4.69) is 32.2 Å². The average Bonchev–Trinajstić information content (AvgIpc) is 2.98. The summed E-state index contributed by atoms with van der Waals surface area (Å²) in [5.41, 5.74) is 3.51. The molecule has 0 spiro atoms. The zero-order valence-corrected chi connectivity index (χ0v) is 14.3. The molecule has 0 aliphatic heterocycles. The molecular weight excluding hydrogens is 294 g/mol. The van der Waals surface area contributed by atoms with Gasteiger partial charge >= 0.3 is 0 Å². The summed E-state index contributed by atoms with van der Waals surface area (Å²) in [5, 5.41) is 4.91. The largest absolute Gasteiger partial charge is 0.489 e. The first-order valence-corrected chi connectivity index (χ1v) is 8.53. The van der Waals surface area contributed by atoms with Gasteiger partial charge in [0, 0.05) is 12.1 Å². The molecule has 1 aromatic carbocycles. The van der Waals surface area contributed by atoms with Crippen LogP contribution in [0.2, 0.25) is 0 Å². The van der Waals surface area contributed by atoms with Crippen LogP contribution in [0.3, 0.4) is 0 Å². The van der Waals surface area contributed by atoms with Crippen LogP contribution in [0.1, 0.15) is 46.1 Å². The average molecular weight is 317 g/mol. The maximum atomic E-state index is 11.9. The fourth-order valence-electron chi connectivity index (χ4n) is 2.01. The molecule has 1 heterocycles. The normalized spacial score (nSPS) is 10.5. The van der Waals surface area contributed by atoms with Gasteiger partial charge in [0.1, 0.15) is 12.4 Å². The highest BCUT2D eigenvalue weighted by Gasteiger charge is 2.09. The fourth-order valence-corrected chi connectivity index (χ4v) is 2.82. The minimum absolute atomic E-state index is 0.0101. The predicted octanol–water partition coefficient (Wildman–Crippen LogP) is 4.47. The fraction of sp³-hybridized carbons (Fsp3) is 0.389. The van der Waals surface area contributed by atoms with Crippen LogP contribution in [0.15, 0.2) is 29.6 Å². The predicted molar refractivity (Wildman–Crippen MR) is 91.8 cm³/mol. The summed E-state index contributed by atoms with van der Waals surface area (Å²) in [6.07, 6.45) is 2.10. The second kappa shape index (κ2) is 7.99. The lowest BCUT2D eigenvalue weighted by Gasteiger charge is -2.07. The van der Waals surface area contributed by atoms with Gasteiger partial charge in [0.25, 0.3) is 5.91 Å². The molecule has 2 aromatic rings. The number of amides is 1. The molecule has 1 N–H and O–H groups in total. The van der Waals surface area contributed by atoms with Gasteiger partial charge in [-0.1, -0.05) is 19.4 Å². The molecule has 0 atom stereocenters. The summed E-state index contributed by atoms with van der Waals surface area (Å²) in [5.74, 6) is 0.874. The Labute approximate surface area is 136 Å². The van der Waals surface area contributed by atoms with Crippen LogP contribution in [0.4, 0.5) is 0 Å². The molecular formula is C18H23NO2S. The van der Waals surface area contributed by atoms with Gasteiger partial charge in [-0.15, -0.1) is 11.3 Å². The maximum Gasteiger partial charge on any atom is 0.261 e. The lowest BCUT2D eigenvalue weighted by atomic mass is 10.1. The molecule has 1 aromatic heterocycles. The Bertz CT molecular complexity index is 634. The number of aryl methyl sites for hydroxylation is 2. The molecule has 0 fully saturated rings. The first-order valence-electron chi connectivity index (χ1n) is 7.66. The third-order valence-corrected chi connectivity index (χ3v) is 4.56. The Morgan fingerprint density at radius 3 is 2.77 bits per heavy atom. The second-order valence-electron chi connectivity index (χ2n) is 5.46. The van der Waals surface area contributed by atoms with Crippen LogP contribution < -0.4 is 10.1 Å². The first-order chi connectivity index (χ1) is 10.6. The zero-order valence-electron chi connectivity index (χ0n) is 13.4. The number of hydrogen-bond donors (Lipinski definition) is 1. The number of ether oxygens (including phenoxy) is 1. The Hall–Kier alpha value is -1.81. The summed E-state index contributed by atoms with van der Waals surface area (Å²) in [7, 11) is 0. The van der Waals surface area contributed by atoms with Crippen molar-refractivity contribution in [2.75, 3.05) is 6.54 Å². The lowest BCUT2D eigenvalue weighted by Crippen LogP contribution is -2.23. The molecule has 22 heavy (non-hydrogen) atoms. The number of unbranched alkanes of at least 4 members (excludes halogenated alkanes) is 1. The van der Waals surface area contributed by atoms with E-state index in [9.17, 15) is 4.79 Å². The number of hydrogen-bond acceptors (Lipinski definition) is 3. The molecule has 3 nitrogen and oxygen atoms in total. The molecule has 0 saturated carbocycles. The topological polar surface area (TPSA) is 38.3 Å². The van der Waals surface area contributed by atoms with Gasteiger partial charge in [0.05, 0.1) is 4.88 Å². The number of thiophene rings is 1. The van der Waals surface area contributed by atoms with Crippen molar-refractivity contribution in [2.24, 2.45) is 0 Å². The van der Waals surface area contributed by atoms with E-state index in [1.54, 1.807) is 0 Å².